The van der Waals surface area contributed by atoms with Crippen molar-refractivity contribution in [3.63, 3.8) is 0 Å². The summed E-state index contributed by atoms with van der Waals surface area (Å²) in [6.45, 7) is 0. The Balaban J connectivity index is 2.56. The zero-order chi connectivity index (χ0) is 15.6. The second-order valence-electron chi connectivity index (χ2n) is 4.09. The van der Waals surface area contributed by atoms with E-state index in [9.17, 15) is 14.0 Å². The number of pyridine rings is 1. The van der Waals surface area contributed by atoms with E-state index in [1.54, 1.807) is 0 Å². The first-order valence-electron chi connectivity index (χ1n) is 5.70. The maximum atomic E-state index is 13.6. The number of carbonyl (C=O) groups is 2. The van der Waals surface area contributed by atoms with Crippen LogP contribution in [-0.2, 0) is 4.74 Å². The molecule has 0 amide bonds. The van der Waals surface area contributed by atoms with Gasteiger partial charge in [-0.25, -0.2) is 19.0 Å². The van der Waals surface area contributed by atoms with E-state index >= 15 is 0 Å². The number of aromatic carboxylic acids is 1. The van der Waals surface area contributed by atoms with Crippen molar-refractivity contribution in [1.82, 2.24) is 4.98 Å². The van der Waals surface area contributed by atoms with Crippen LogP contribution in [0.15, 0.2) is 30.5 Å². The van der Waals surface area contributed by atoms with Crippen LogP contribution in [0.2, 0.25) is 5.15 Å². The van der Waals surface area contributed by atoms with Gasteiger partial charge in [0.15, 0.2) is 0 Å². The zero-order valence-electron chi connectivity index (χ0n) is 10.8. The van der Waals surface area contributed by atoms with Crippen LogP contribution in [0.1, 0.15) is 20.7 Å². The largest absolute Gasteiger partial charge is 0.478 e. The number of nitrogens with zero attached hydrogens (tertiary/aromatic N) is 1. The van der Waals surface area contributed by atoms with Crippen LogP contribution in [0.3, 0.4) is 0 Å². The summed E-state index contributed by atoms with van der Waals surface area (Å²) in [5, 5.41) is 8.83. The van der Waals surface area contributed by atoms with Crippen molar-refractivity contribution in [1.29, 1.82) is 0 Å². The van der Waals surface area contributed by atoms with E-state index in [0.717, 1.165) is 12.1 Å². The Kier molecular flexibility index (Phi) is 4.18. The molecular formula is C14H9ClFNO4. The van der Waals surface area contributed by atoms with Crippen molar-refractivity contribution < 1.29 is 23.8 Å². The highest BCUT2D eigenvalue weighted by Gasteiger charge is 2.14. The van der Waals surface area contributed by atoms with Gasteiger partial charge in [-0.2, -0.15) is 0 Å². The molecule has 0 aliphatic heterocycles. The molecule has 2 aromatic rings. The lowest BCUT2D eigenvalue weighted by atomic mass is 10.0. The molecule has 21 heavy (non-hydrogen) atoms. The smallest absolute Gasteiger partial charge is 0.338 e. The minimum Gasteiger partial charge on any atom is -0.478 e. The van der Waals surface area contributed by atoms with Crippen LogP contribution in [0.4, 0.5) is 4.39 Å². The van der Waals surface area contributed by atoms with Gasteiger partial charge in [0.2, 0.25) is 0 Å². The van der Waals surface area contributed by atoms with Crippen molar-refractivity contribution in [2.24, 2.45) is 0 Å². The Morgan fingerprint density at radius 2 is 1.95 bits per heavy atom. The summed E-state index contributed by atoms with van der Waals surface area (Å²) in [7, 11) is 1.18. The van der Waals surface area contributed by atoms with Crippen molar-refractivity contribution in [2.45, 2.75) is 0 Å². The fraction of sp³-hybridized carbons (Fsp3) is 0.0714. The minimum absolute atomic E-state index is 0.0133. The Bertz CT molecular complexity index is 733. The van der Waals surface area contributed by atoms with Gasteiger partial charge in [0.05, 0.1) is 18.2 Å². The lowest BCUT2D eigenvalue weighted by Gasteiger charge is -2.07. The maximum absolute atomic E-state index is 13.6. The Morgan fingerprint density at radius 1 is 1.24 bits per heavy atom. The fourth-order valence-electron chi connectivity index (χ4n) is 1.75. The number of halogens is 2. The number of rotatable bonds is 3. The Hall–Kier alpha value is -2.47. The average Bonchev–Trinajstić information content (AvgIpc) is 2.45. The van der Waals surface area contributed by atoms with Gasteiger partial charge in [-0.05, 0) is 29.8 Å². The molecule has 5 nitrogen and oxygen atoms in total. The van der Waals surface area contributed by atoms with E-state index in [4.69, 9.17) is 16.7 Å². The van der Waals surface area contributed by atoms with Crippen molar-refractivity contribution in [3.05, 3.63) is 52.6 Å². The number of aromatic nitrogens is 1. The van der Waals surface area contributed by atoms with Gasteiger partial charge in [-0.15, -0.1) is 0 Å². The summed E-state index contributed by atoms with van der Waals surface area (Å²) in [5.41, 5.74) is 0.417. The molecule has 1 N–H and O–H groups in total. The normalized spacial score (nSPS) is 10.2. The molecule has 0 atom stereocenters. The van der Waals surface area contributed by atoms with Crippen LogP contribution in [-0.4, -0.2) is 29.1 Å². The maximum Gasteiger partial charge on any atom is 0.338 e. The Labute approximate surface area is 124 Å². The third-order valence-corrected chi connectivity index (χ3v) is 3.02. The number of hydrogen-bond donors (Lipinski definition) is 1. The van der Waals surface area contributed by atoms with Gasteiger partial charge in [0.1, 0.15) is 11.0 Å². The third-order valence-electron chi connectivity index (χ3n) is 2.72. The molecule has 0 saturated heterocycles. The monoisotopic (exact) mass is 309 g/mol. The molecule has 0 unspecified atom stereocenters. The van der Waals surface area contributed by atoms with Crippen LogP contribution in [0.5, 0.6) is 0 Å². The molecular weight excluding hydrogens is 301 g/mol. The van der Waals surface area contributed by atoms with Crippen LogP contribution in [0.25, 0.3) is 11.1 Å². The predicted octanol–water partition coefficient (Wildman–Crippen LogP) is 3.03. The standard InChI is InChI=1S/C14H9ClFNO4/c1-21-14(20)8-2-7(3-10(16)4-8)9-5-11(13(18)19)12(15)17-6-9/h2-6H,1H3,(H,18,19). The van der Waals surface area contributed by atoms with Crippen LogP contribution in [0, 0.1) is 5.82 Å². The fourth-order valence-corrected chi connectivity index (χ4v) is 1.93. The quantitative estimate of drug-likeness (QED) is 0.696. The van der Waals surface area contributed by atoms with Crippen LogP contribution < -0.4 is 0 Å². The molecule has 0 aliphatic carbocycles. The van der Waals surface area contributed by atoms with Gasteiger partial charge in [-0.3, -0.25) is 0 Å². The summed E-state index contributed by atoms with van der Waals surface area (Å²) in [4.78, 5) is 26.2. The molecule has 0 bridgehead atoms. The molecule has 0 aliphatic rings. The highest BCUT2D eigenvalue weighted by molar-refractivity contribution is 6.32. The average molecular weight is 310 g/mol. The van der Waals surface area contributed by atoms with Crippen LogP contribution >= 0.6 is 11.6 Å². The molecule has 0 radical (unpaired) electrons. The van der Waals surface area contributed by atoms with Gasteiger partial charge in [-0.1, -0.05) is 11.6 Å². The number of ether oxygens (including phenoxy) is 1. The molecule has 1 heterocycles. The summed E-state index contributed by atoms with van der Waals surface area (Å²) in [6.07, 6.45) is 1.30. The number of methoxy groups -OCH3 is 1. The van der Waals surface area contributed by atoms with Gasteiger partial charge in [0, 0.05) is 11.8 Å². The van der Waals surface area contributed by atoms with E-state index in [2.05, 4.69) is 9.72 Å². The summed E-state index contributed by atoms with van der Waals surface area (Å²) in [6, 6.07) is 4.82. The number of carboxylic acid groups (broad SMARTS) is 1. The molecule has 1 aromatic heterocycles. The van der Waals surface area contributed by atoms with E-state index in [1.807, 2.05) is 0 Å². The van der Waals surface area contributed by atoms with Crippen molar-refractivity contribution in [3.8, 4) is 11.1 Å². The van der Waals surface area contributed by atoms with Gasteiger partial charge < -0.3 is 9.84 Å². The number of esters is 1. The van der Waals surface area contributed by atoms with E-state index < -0.39 is 17.8 Å². The summed E-state index contributed by atoms with van der Waals surface area (Å²) < 4.78 is 18.1. The highest BCUT2D eigenvalue weighted by Crippen LogP contribution is 2.25. The molecule has 0 saturated carbocycles. The molecule has 2 rings (SSSR count). The molecule has 7 heteroatoms. The van der Waals surface area contributed by atoms with Crippen molar-refractivity contribution >= 4 is 23.5 Å². The van der Waals surface area contributed by atoms with E-state index in [0.29, 0.717) is 11.1 Å². The topological polar surface area (TPSA) is 76.5 Å². The first-order chi connectivity index (χ1) is 9.92. The third kappa shape index (κ3) is 3.17. The first-order valence-corrected chi connectivity index (χ1v) is 6.08. The molecule has 108 valence electrons. The molecule has 1 aromatic carbocycles. The number of carbonyl (C=O) groups excluding carboxylic acids is 1. The highest BCUT2D eigenvalue weighted by atomic mass is 35.5. The minimum atomic E-state index is -1.25. The first kappa shape index (κ1) is 14.9. The van der Waals surface area contributed by atoms with Crippen molar-refractivity contribution in [2.75, 3.05) is 7.11 Å². The lowest BCUT2D eigenvalue weighted by Crippen LogP contribution is -2.03. The SMILES string of the molecule is COC(=O)c1cc(F)cc(-c2cnc(Cl)c(C(=O)O)c2)c1. The number of benzene rings is 1. The van der Waals surface area contributed by atoms with Gasteiger partial charge in [0.25, 0.3) is 0 Å². The molecule has 0 fully saturated rings. The second-order valence-corrected chi connectivity index (χ2v) is 4.45. The summed E-state index contributed by atoms with van der Waals surface area (Å²) >= 11 is 5.67. The zero-order valence-corrected chi connectivity index (χ0v) is 11.5. The second kappa shape index (κ2) is 5.88. The predicted molar refractivity (Wildman–Crippen MR) is 72.9 cm³/mol. The van der Waals surface area contributed by atoms with Gasteiger partial charge >= 0.3 is 11.9 Å². The van der Waals surface area contributed by atoms with E-state index in [1.165, 1.54) is 25.4 Å². The van der Waals surface area contributed by atoms with E-state index in [-0.39, 0.29) is 16.3 Å². The lowest BCUT2D eigenvalue weighted by molar-refractivity contribution is 0.0599. The number of hydrogen-bond acceptors (Lipinski definition) is 4. The number of carboxylic acids is 1. The summed E-state index contributed by atoms with van der Waals surface area (Å²) in [5.74, 6) is -2.60. The molecule has 0 spiro atoms. The Morgan fingerprint density at radius 3 is 2.57 bits per heavy atom.